The Morgan fingerprint density at radius 3 is 2.27 bits per heavy atom. The normalized spacial score (nSPS) is 12.8. The lowest BCUT2D eigenvalue weighted by Gasteiger charge is -2.26. The van der Waals surface area contributed by atoms with Gasteiger partial charge in [0.05, 0.1) is 22.8 Å². The zero-order chi connectivity index (χ0) is 20.0. The summed E-state index contributed by atoms with van der Waals surface area (Å²) in [5, 5.41) is 7.19. The zero-order valence-corrected chi connectivity index (χ0v) is 18.1. The van der Waals surface area contributed by atoms with E-state index in [2.05, 4.69) is 20.3 Å². The molecular weight excluding hydrogens is 423 g/mol. The van der Waals surface area contributed by atoms with Gasteiger partial charge in [0.15, 0.2) is 11.7 Å². The van der Waals surface area contributed by atoms with Gasteiger partial charge in [0.2, 0.25) is 10.0 Å². The van der Waals surface area contributed by atoms with Crippen LogP contribution < -0.4 is 20.1 Å². The predicted molar refractivity (Wildman–Crippen MR) is 108 cm³/mol. The highest BCUT2D eigenvalue weighted by atomic mass is 35.5. The second-order valence-corrected chi connectivity index (χ2v) is 9.16. The van der Waals surface area contributed by atoms with Gasteiger partial charge in [-0.3, -0.25) is 4.99 Å². The first kappa shape index (κ1) is 23.1. The van der Waals surface area contributed by atoms with E-state index in [1.54, 1.807) is 33.0 Å². The van der Waals surface area contributed by atoms with E-state index in [4.69, 9.17) is 39.5 Å². The third kappa shape index (κ3) is 8.64. The van der Waals surface area contributed by atoms with Crippen molar-refractivity contribution < 1.29 is 13.2 Å². The molecule has 7 nitrogen and oxygen atoms in total. The number of rotatable bonds is 8. The molecule has 0 spiro atoms. The van der Waals surface area contributed by atoms with Crippen LogP contribution in [0.4, 0.5) is 0 Å². The molecule has 0 heterocycles. The van der Waals surface area contributed by atoms with Crippen LogP contribution in [0, 0.1) is 0 Å². The molecule has 0 amide bonds. The van der Waals surface area contributed by atoms with E-state index in [1.165, 1.54) is 0 Å². The molecule has 1 rings (SSSR count). The van der Waals surface area contributed by atoms with Crippen LogP contribution in [0.1, 0.15) is 13.8 Å². The molecule has 0 bridgehead atoms. The number of guanidine groups is 1. The van der Waals surface area contributed by atoms with Crippen molar-refractivity contribution in [3.8, 4) is 5.75 Å². The van der Waals surface area contributed by atoms with E-state index < -0.39 is 15.6 Å². The van der Waals surface area contributed by atoms with E-state index >= 15 is 0 Å². The zero-order valence-electron chi connectivity index (χ0n) is 15.0. The second-order valence-electron chi connectivity index (χ2n) is 6.16. The number of aliphatic imine (C=N–C) groups is 1. The largest absolute Gasteiger partial charge is 0.489 e. The Hall–Kier alpha value is -0.930. The summed E-state index contributed by atoms with van der Waals surface area (Å²) >= 11 is 18.0. The van der Waals surface area contributed by atoms with Crippen molar-refractivity contribution >= 4 is 50.8 Å². The molecule has 1 aromatic rings. The Morgan fingerprint density at radius 1 is 1.19 bits per heavy atom. The highest BCUT2D eigenvalue weighted by Crippen LogP contribution is 2.35. The maximum Gasteiger partial charge on any atom is 0.209 e. The Morgan fingerprint density at radius 2 is 1.77 bits per heavy atom. The van der Waals surface area contributed by atoms with Crippen molar-refractivity contribution in [2.45, 2.75) is 19.4 Å². The van der Waals surface area contributed by atoms with Crippen LogP contribution in [0.15, 0.2) is 17.1 Å². The lowest BCUT2D eigenvalue weighted by atomic mass is 10.1. The fraction of sp³-hybridized carbons (Fsp3) is 0.533. The molecule has 0 aliphatic carbocycles. The van der Waals surface area contributed by atoms with Crippen LogP contribution >= 0.6 is 34.8 Å². The molecule has 0 aliphatic heterocycles. The molecule has 1 aromatic carbocycles. The summed E-state index contributed by atoms with van der Waals surface area (Å²) in [5.74, 6) is 0.867. The van der Waals surface area contributed by atoms with Crippen LogP contribution in [-0.2, 0) is 10.0 Å². The number of ether oxygens (including phenoxy) is 1. The van der Waals surface area contributed by atoms with Crippen LogP contribution in [-0.4, -0.2) is 52.9 Å². The summed E-state index contributed by atoms with van der Waals surface area (Å²) < 4.78 is 30.8. The SMILES string of the molecule is CN=C(NCCOc1c(Cl)cc(Cl)cc1Cl)NCC(C)(C)NS(C)(=O)=O. The molecule has 0 unspecified atom stereocenters. The molecule has 11 heteroatoms. The minimum atomic E-state index is -3.30. The highest BCUT2D eigenvalue weighted by Gasteiger charge is 2.22. The van der Waals surface area contributed by atoms with E-state index in [1.807, 2.05) is 0 Å². The molecule has 0 aromatic heterocycles. The fourth-order valence-electron chi connectivity index (χ4n) is 2.05. The van der Waals surface area contributed by atoms with Crippen molar-refractivity contribution in [1.82, 2.24) is 15.4 Å². The van der Waals surface area contributed by atoms with Gasteiger partial charge >= 0.3 is 0 Å². The van der Waals surface area contributed by atoms with Crippen LogP contribution in [0.2, 0.25) is 15.1 Å². The lowest BCUT2D eigenvalue weighted by Crippen LogP contribution is -2.53. The monoisotopic (exact) mass is 444 g/mol. The summed E-state index contributed by atoms with van der Waals surface area (Å²) in [7, 11) is -1.69. The van der Waals surface area contributed by atoms with Crippen LogP contribution in [0.25, 0.3) is 0 Å². The van der Waals surface area contributed by atoms with Gasteiger partial charge in [-0.25, -0.2) is 13.1 Å². The molecule has 0 saturated carbocycles. The molecule has 0 saturated heterocycles. The Balaban J connectivity index is 2.46. The number of sulfonamides is 1. The Kier molecular flexibility index (Phi) is 8.75. The molecule has 0 aliphatic rings. The smallest absolute Gasteiger partial charge is 0.209 e. The summed E-state index contributed by atoms with van der Waals surface area (Å²) in [4.78, 5) is 4.07. The standard InChI is InChI=1S/C15H23Cl3N4O3S/c1-15(2,22-26(4,23)24)9-21-14(19-3)20-5-6-25-13-11(17)7-10(16)8-12(13)18/h7-8,22H,5-6,9H2,1-4H3,(H2,19,20,21). The van der Waals surface area contributed by atoms with Gasteiger partial charge in [0, 0.05) is 24.2 Å². The van der Waals surface area contributed by atoms with Crippen molar-refractivity contribution in [3.63, 3.8) is 0 Å². The summed E-state index contributed by atoms with van der Waals surface area (Å²) in [6.07, 6.45) is 1.12. The first-order valence-corrected chi connectivity index (χ1v) is 10.7. The van der Waals surface area contributed by atoms with Crippen molar-refractivity contribution in [2.75, 3.05) is 33.0 Å². The van der Waals surface area contributed by atoms with Gasteiger partial charge in [0.1, 0.15) is 6.61 Å². The number of halogens is 3. The molecule has 3 N–H and O–H groups in total. The van der Waals surface area contributed by atoms with Gasteiger partial charge in [-0.1, -0.05) is 34.8 Å². The molecule has 0 atom stereocenters. The predicted octanol–water partition coefficient (Wildman–Crippen LogP) is 2.52. The lowest BCUT2D eigenvalue weighted by molar-refractivity contribution is 0.322. The average Bonchev–Trinajstić information content (AvgIpc) is 2.46. The maximum atomic E-state index is 11.4. The topological polar surface area (TPSA) is 91.8 Å². The Labute approximate surface area is 169 Å². The van der Waals surface area contributed by atoms with Gasteiger partial charge in [-0.05, 0) is 26.0 Å². The summed E-state index contributed by atoms with van der Waals surface area (Å²) in [6.45, 7) is 4.58. The number of benzene rings is 1. The van der Waals surface area contributed by atoms with Gasteiger partial charge in [-0.2, -0.15) is 0 Å². The van der Waals surface area contributed by atoms with Crippen LogP contribution in [0.5, 0.6) is 5.75 Å². The van der Waals surface area contributed by atoms with Gasteiger partial charge in [-0.15, -0.1) is 0 Å². The quantitative estimate of drug-likeness (QED) is 0.325. The van der Waals surface area contributed by atoms with Crippen molar-refractivity contribution in [3.05, 3.63) is 27.2 Å². The van der Waals surface area contributed by atoms with Crippen LogP contribution in [0.3, 0.4) is 0 Å². The van der Waals surface area contributed by atoms with Crippen molar-refractivity contribution in [1.29, 1.82) is 0 Å². The second kappa shape index (κ2) is 9.85. The average molecular weight is 446 g/mol. The molecule has 0 fully saturated rings. The maximum absolute atomic E-state index is 11.4. The number of hydrogen-bond acceptors (Lipinski definition) is 4. The number of hydrogen-bond donors (Lipinski definition) is 3. The third-order valence-electron chi connectivity index (χ3n) is 2.99. The van der Waals surface area contributed by atoms with Crippen molar-refractivity contribution in [2.24, 2.45) is 4.99 Å². The van der Waals surface area contributed by atoms with Gasteiger partial charge < -0.3 is 15.4 Å². The van der Waals surface area contributed by atoms with E-state index in [9.17, 15) is 8.42 Å². The first-order valence-electron chi connectivity index (χ1n) is 7.64. The fourth-order valence-corrected chi connectivity index (χ4v) is 4.05. The third-order valence-corrected chi connectivity index (χ3v) is 4.69. The Bertz CT molecular complexity index is 731. The summed E-state index contributed by atoms with van der Waals surface area (Å²) in [6, 6.07) is 3.10. The van der Waals surface area contributed by atoms with E-state index in [0.29, 0.717) is 39.9 Å². The van der Waals surface area contributed by atoms with E-state index in [0.717, 1.165) is 6.26 Å². The molecule has 0 radical (unpaired) electrons. The van der Waals surface area contributed by atoms with Gasteiger partial charge in [0.25, 0.3) is 0 Å². The molecule has 26 heavy (non-hydrogen) atoms. The number of nitrogens with one attached hydrogen (secondary N) is 3. The minimum absolute atomic E-state index is 0.284. The number of nitrogens with zero attached hydrogens (tertiary/aromatic N) is 1. The minimum Gasteiger partial charge on any atom is -0.489 e. The van der Waals surface area contributed by atoms with E-state index in [-0.39, 0.29) is 6.61 Å². The molecule has 148 valence electrons. The highest BCUT2D eigenvalue weighted by molar-refractivity contribution is 7.88. The molecular formula is C15H23Cl3N4O3S. The first-order chi connectivity index (χ1) is 11.9. The summed E-state index contributed by atoms with van der Waals surface area (Å²) in [5.41, 5.74) is -0.675.